The van der Waals surface area contributed by atoms with Crippen molar-refractivity contribution in [2.24, 2.45) is 0 Å². The van der Waals surface area contributed by atoms with Gasteiger partial charge in [-0.3, -0.25) is 0 Å². The van der Waals surface area contributed by atoms with E-state index in [0.717, 1.165) is 0 Å². The first-order valence-corrected chi connectivity index (χ1v) is 4.46. The maximum absolute atomic E-state index is 11.1. The SMILES string of the molecule is C=C[CH2][Sn][F]. The molecule has 0 aromatic carbocycles. The molecule has 0 N–H and O–H groups in total. The Hall–Kier alpha value is 0.469. The Labute approximate surface area is 42.1 Å². The Kier molecular flexibility index (Phi) is 4.89. The number of hydrogen-bond donors (Lipinski definition) is 0. The molecule has 0 bridgehead atoms. The van der Waals surface area contributed by atoms with Crippen molar-refractivity contribution in [1.82, 2.24) is 0 Å². The van der Waals surface area contributed by atoms with Gasteiger partial charge in [0.05, 0.1) is 0 Å². The summed E-state index contributed by atoms with van der Waals surface area (Å²) in [6.45, 7) is 3.35. The number of hydrogen-bond acceptors (Lipinski definition) is 0. The van der Waals surface area contributed by atoms with Gasteiger partial charge in [-0.15, -0.1) is 0 Å². The van der Waals surface area contributed by atoms with Crippen LogP contribution in [0.5, 0.6) is 0 Å². The van der Waals surface area contributed by atoms with Crippen LogP contribution in [0, 0.1) is 0 Å². The number of halogens is 1. The quantitative estimate of drug-likeness (QED) is 0.440. The molecule has 0 heterocycles. The third-order valence-corrected chi connectivity index (χ3v) is 1.49. The Morgan fingerprint density at radius 1 is 2.00 bits per heavy atom. The molecule has 0 saturated heterocycles. The summed E-state index contributed by atoms with van der Waals surface area (Å²) in [5, 5.41) is 0. The Morgan fingerprint density at radius 2 is 2.60 bits per heavy atom. The van der Waals surface area contributed by atoms with E-state index in [1.807, 2.05) is 0 Å². The van der Waals surface area contributed by atoms with Crippen LogP contribution in [-0.2, 0) is 0 Å². The molecule has 0 unspecified atom stereocenters. The molecule has 0 atom stereocenters. The summed E-state index contributed by atoms with van der Waals surface area (Å²) in [5.74, 6) is 0. The van der Waals surface area contributed by atoms with E-state index in [0.29, 0.717) is 4.44 Å². The van der Waals surface area contributed by atoms with E-state index in [4.69, 9.17) is 0 Å². The first kappa shape index (κ1) is 5.47. The molecule has 0 aromatic heterocycles. The maximum atomic E-state index is 11.1. The molecule has 0 aliphatic carbocycles. The van der Waals surface area contributed by atoms with Crippen LogP contribution in [0.15, 0.2) is 12.7 Å². The second-order valence-corrected chi connectivity index (χ2v) is 2.55. The molecule has 0 amide bonds. The van der Waals surface area contributed by atoms with Gasteiger partial charge in [0.1, 0.15) is 0 Å². The zero-order valence-electron chi connectivity index (χ0n) is 2.87. The predicted octanol–water partition coefficient (Wildman–Crippen LogP) is 1.18. The molecule has 0 aromatic rings. The fourth-order valence-electron chi connectivity index (χ4n) is 0.0546. The normalized spacial score (nSPS) is 7.40. The summed E-state index contributed by atoms with van der Waals surface area (Å²) in [4.78, 5) is 0. The van der Waals surface area contributed by atoms with Gasteiger partial charge in [-0.25, -0.2) is 0 Å². The molecule has 0 aliphatic heterocycles. The molecular formula is C3H5FSn. The van der Waals surface area contributed by atoms with Crippen LogP contribution in [0.2, 0.25) is 4.44 Å². The molecule has 5 heavy (non-hydrogen) atoms. The number of rotatable bonds is 2. The molecule has 0 saturated carbocycles. The van der Waals surface area contributed by atoms with Crippen molar-refractivity contribution in [3.63, 3.8) is 0 Å². The third kappa shape index (κ3) is 4.47. The van der Waals surface area contributed by atoms with Crippen molar-refractivity contribution in [2.45, 2.75) is 4.44 Å². The van der Waals surface area contributed by atoms with Gasteiger partial charge in [-0.1, -0.05) is 0 Å². The van der Waals surface area contributed by atoms with Gasteiger partial charge in [0.2, 0.25) is 0 Å². The van der Waals surface area contributed by atoms with Crippen molar-refractivity contribution in [1.29, 1.82) is 0 Å². The Balaban J connectivity index is 2.40. The monoisotopic (exact) mass is 180 g/mol. The van der Waals surface area contributed by atoms with Gasteiger partial charge in [-0.2, -0.15) is 0 Å². The standard InChI is InChI=1S/C3H5.FH.Sn/c1-3-2;;/h3H,1-2H2;1H;/q;;+1/p-1. The third-order valence-electron chi connectivity index (χ3n) is 0.221. The van der Waals surface area contributed by atoms with Gasteiger partial charge in [0, 0.05) is 0 Å². The minimum atomic E-state index is -1.41. The van der Waals surface area contributed by atoms with Crippen molar-refractivity contribution in [3.05, 3.63) is 12.7 Å². The average Bonchev–Trinajstić information content (AvgIpc) is 1.41. The first-order chi connectivity index (χ1) is 2.41. The zero-order valence-corrected chi connectivity index (χ0v) is 5.72. The van der Waals surface area contributed by atoms with Crippen LogP contribution in [0.1, 0.15) is 0 Å². The van der Waals surface area contributed by atoms with Crippen LogP contribution >= 0.6 is 0 Å². The van der Waals surface area contributed by atoms with E-state index in [1.54, 1.807) is 6.08 Å². The van der Waals surface area contributed by atoms with Crippen LogP contribution in [0.3, 0.4) is 0 Å². The van der Waals surface area contributed by atoms with Gasteiger partial charge >= 0.3 is 41.7 Å². The summed E-state index contributed by atoms with van der Waals surface area (Å²) in [6, 6.07) is 0. The average molecular weight is 179 g/mol. The van der Waals surface area contributed by atoms with Crippen molar-refractivity contribution >= 4 is 21.7 Å². The molecule has 0 fully saturated rings. The molecule has 0 aliphatic rings. The topological polar surface area (TPSA) is 0 Å². The van der Waals surface area contributed by atoms with Crippen molar-refractivity contribution < 1.29 is 2.87 Å². The first-order valence-electron chi connectivity index (χ1n) is 1.36. The van der Waals surface area contributed by atoms with E-state index in [1.165, 1.54) is 0 Å². The van der Waals surface area contributed by atoms with E-state index >= 15 is 0 Å². The molecular weight excluding hydrogens is 174 g/mol. The second kappa shape index (κ2) is 4.47. The second-order valence-electron chi connectivity index (χ2n) is 0.626. The van der Waals surface area contributed by atoms with Gasteiger partial charge in [-0.05, 0) is 0 Å². The van der Waals surface area contributed by atoms with E-state index in [9.17, 15) is 2.87 Å². The number of allylic oxidation sites excluding steroid dienone is 1. The fraction of sp³-hybridized carbons (Fsp3) is 0.333. The Bertz CT molecular complexity index is 28.1. The van der Waals surface area contributed by atoms with E-state index < -0.39 is 21.7 Å². The van der Waals surface area contributed by atoms with E-state index in [2.05, 4.69) is 6.58 Å². The van der Waals surface area contributed by atoms with Crippen LogP contribution in [0.25, 0.3) is 0 Å². The van der Waals surface area contributed by atoms with Crippen LogP contribution in [0.4, 0.5) is 2.87 Å². The fourth-order valence-corrected chi connectivity index (χ4v) is 0.366. The summed E-state index contributed by atoms with van der Waals surface area (Å²) >= 11 is -1.41. The minimum absolute atomic E-state index is 0.656. The summed E-state index contributed by atoms with van der Waals surface area (Å²) in [6.07, 6.45) is 1.63. The van der Waals surface area contributed by atoms with E-state index in [-0.39, 0.29) is 0 Å². The summed E-state index contributed by atoms with van der Waals surface area (Å²) < 4.78 is 11.7. The van der Waals surface area contributed by atoms with Crippen LogP contribution in [-0.4, -0.2) is 21.7 Å². The zero-order chi connectivity index (χ0) is 4.12. The van der Waals surface area contributed by atoms with Crippen molar-refractivity contribution in [3.8, 4) is 0 Å². The van der Waals surface area contributed by atoms with Gasteiger partial charge in [0.15, 0.2) is 0 Å². The molecule has 0 nitrogen and oxygen atoms in total. The molecule has 0 spiro atoms. The molecule has 0 rings (SSSR count). The summed E-state index contributed by atoms with van der Waals surface area (Å²) in [5.41, 5.74) is 0. The van der Waals surface area contributed by atoms with Gasteiger partial charge in [0.25, 0.3) is 0 Å². The van der Waals surface area contributed by atoms with Gasteiger partial charge < -0.3 is 0 Å². The van der Waals surface area contributed by atoms with Crippen molar-refractivity contribution in [2.75, 3.05) is 0 Å². The Morgan fingerprint density at radius 3 is 2.60 bits per heavy atom. The molecule has 2 radical (unpaired) electrons. The molecule has 28 valence electrons. The molecule has 2 heteroatoms. The summed E-state index contributed by atoms with van der Waals surface area (Å²) in [7, 11) is 0. The van der Waals surface area contributed by atoms with Crippen LogP contribution < -0.4 is 0 Å². The predicted molar refractivity (Wildman–Crippen MR) is 21.9 cm³/mol.